The molecule has 174 valence electrons. The quantitative estimate of drug-likeness (QED) is 0.504. The molecule has 3 saturated carbocycles. The van der Waals surface area contributed by atoms with Crippen molar-refractivity contribution in [3.63, 3.8) is 0 Å². The van der Waals surface area contributed by atoms with Crippen LogP contribution >= 0.6 is 0 Å². The van der Waals surface area contributed by atoms with Gasteiger partial charge >= 0.3 is 12.3 Å². The van der Waals surface area contributed by atoms with Gasteiger partial charge in [0.05, 0.1) is 5.92 Å². The number of benzene rings is 2. The van der Waals surface area contributed by atoms with E-state index < -0.39 is 35.8 Å². The SMILES string of the molecule is N[C@]1(OC(=O)OCc2ccccc2F)CC2(CC2)[C@@H]2[C@H](OC(=O)OCc3ccccc3F)[C@H]21. The van der Waals surface area contributed by atoms with Crippen LogP contribution in [0.25, 0.3) is 0 Å². The Bertz CT molecular complexity index is 1090. The highest BCUT2D eigenvalue weighted by Crippen LogP contribution is 2.76. The summed E-state index contributed by atoms with van der Waals surface area (Å²) in [5, 5.41) is 0. The van der Waals surface area contributed by atoms with E-state index in [1.807, 2.05) is 0 Å². The van der Waals surface area contributed by atoms with E-state index in [1.54, 1.807) is 18.2 Å². The largest absolute Gasteiger partial charge is 0.510 e. The van der Waals surface area contributed by atoms with E-state index in [0.717, 1.165) is 12.8 Å². The van der Waals surface area contributed by atoms with E-state index in [2.05, 4.69) is 0 Å². The summed E-state index contributed by atoms with van der Waals surface area (Å²) in [5.74, 6) is -1.39. The van der Waals surface area contributed by atoms with Gasteiger partial charge in [0.25, 0.3) is 0 Å². The Labute approximate surface area is 188 Å². The Kier molecular flexibility index (Phi) is 5.23. The second-order valence-corrected chi connectivity index (χ2v) is 8.99. The summed E-state index contributed by atoms with van der Waals surface area (Å²) < 4.78 is 48.4. The molecule has 0 radical (unpaired) electrons. The fourth-order valence-corrected chi connectivity index (χ4v) is 5.14. The second-order valence-electron chi connectivity index (χ2n) is 8.99. The Balaban J connectivity index is 1.17. The zero-order valence-corrected chi connectivity index (χ0v) is 17.7. The molecule has 0 aromatic heterocycles. The Morgan fingerprint density at radius 3 is 1.97 bits per heavy atom. The van der Waals surface area contributed by atoms with Crippen molar-refractivity contribution in [3.8, 4) is 0 Å². The predicted molar refractivity (Wildman–Crippen MR) is 109 cm³/mol. The molecule has 7 nitrogen and oxygen atoms in total. The number of rotatable bonds is 6. The molecule has 0 bridgehead atoms. The minimum absolute atomic E-state index is 0.0390. The molecule has 9 heteroatoms. The van der Waals surface area contributed by atoms with E-state index >= 15 is 0 Å². The maximum Gasteiger partial charge on any atom is 0.510 e. The van der Waals surface area contributed by atoms with Gasteiger partial charge in [0.15, 0.2) is 5.72 Å². The molecule has 0 heterocycles. The van der Waals surface area contributed by atoms with Gasteiger partial charge in [0.1, 0.15) is 31.0 Å². The molecule has 1 spiro atoms. The summed E-state index contributed by atoms with van der Waals surface area (Å²) in [5.41, 5.74) is 5.39. The predicted octanol–water partition coefficient (Wildman–Crippen LogP) is 4.42. The van der Waals surface area contributed by atoms with Crippen molar-refractivity contribution in [2.45, 2.75) is 44.3 Å². The summed E-state index contributed by atoms with van der Waals surface area (Å²) in [6, 6.07) is 11.9. The second kappa shape index (κ2) is 7.98. The number of ether oxygens (including phenoxy) is 4. The van der Waals surface area contributed by atoms with Crippen molar-refractivity contribution in [3.05, 3.63) is 71.3 Å². The van der Waals surface area contributed by atoms with E-state index in [4.69, 9.17) is 24.7 Å². The van der Waals surface area contributed by atoms with Gasteiger partial charge < -0.3 is 18.9 Å². The molecule has 3 aliphatic rings. The molecule has 0 unspecified atom stereocenters. The minimum Gasteiger partial charge on any atom is -0.430 e. The molecule has 33 heavy (non-hydrogen) atoms. The van der Waals surface area contributed by atoms with E-state index in [1.165, 1.54) is 30.3 Å². The van der Waals surface area contributed by atoms with Gasteiger partial charge in [0, 0.05) is 23.5 Å². The molecule has 3 aliphatic carbocycles. The van der Waals surface area contributed by atoms with Gasteiger partial charge in [-0.15, -0.1) is 0 Å². The third-order valence-electron chi connectivity index (χ3n) is 6.86. The molecule has 2 aromatic rings. The number of hydrogen-bond acceptors (Lipinski definition) is 7. The van der Waals surface area contributed by atoms with Gasteiger partial charge in [-0.3, -0.25) is 5.73 Å². The number of nitrogens with two attached hydrogens (primary N) is 1. The molecule has 2 N–H and O–H groups in total. The highest BCUT2D eigenvalue weighted by atomic mass is 19.1. The number of fused-ring (bicyclic) bond motifs is 2. The smallest absolute Gasteiger partial charge is 0.430 e. The van der Waals surface area contributed by atoms with Crippen LogP contribution in [0.3, 0.4) is 0 Å². The molecule has 5 rings (SSSR count). The summed E-state index contributed by atoms with van der Waals surface area (Å²) in [6.45, 7) is -0.547. The van der Waals surface area contributed by atoms with Crippen LogP contribution in [0.5, 0.6) is 0 Å². The van der Waals surface area contributed by atoms with Gasteiger partial charge in [-0.25, -0.2) is 18.4 Å². The van der Waals surface area contributed by atoms with Gasteiger partial charge in [-0.1, -0.05) is 36.4 Å². The van der Waals surface area contributed by atoms with Crippen molar-refractivity contribution in [2.75, 3.05) is 0 Å². The molecule has 2 aromatic carbocycles. The normalized spacial score (nSPS) is 28.0. The summed E-state index contributed by atoms with van der Waals surface area (Å²) >= 11 is 0. The Morgan fingerprint density at radius 2 is 1.42 bits per heavy atom. The van der Waals surface area contributed by atoms with E-state index in [9.17, 15) is 18.4 Å². The lowest BCUT2D eigenvalue weighted by Gasteiger charge is -2.28. The number of halogens is 2. The van der Waals surface area contributed by atoms with Crippen molar-refractivity contribution in [2.24, 2.45) is 23.0 Å². The van der Waals surface area contributed by atoms with Crippen LogP contribution < -0.4 is 5.73 Å². The maximum atomic E-state index is 13.7. The zero-order valence-electron chi connectivity index (χ0n) is 17.7. The first-order valence-electron chi connectivity index (χ1n) is 10.8. The maximum absolute atomic E-state index is 13.7. The first-order chi connectivity index (χ1) is 15.8. The molecule has 0 amide bonds. The van der Waals surface area contributed by atoms with Crippen LogP contribution in [0.1, 0.15) is 30.4 Å². The van der Waals surface area contributed by atoms with Crippen LogP contribution in [0.4, 0.5) is 18.4 Å². The Hall–Kier alpha value is -3.20. The van der Waals surface area contributed by atoms with Crippen LogP contribution in [-0.2, 0) is 32.2 Å². The average Bonchev–Trinajstić information content (AvgIpc) is 3.67. The van der Waals surface area contributed by atoms with Crippen molar-refractivity contribution in [1.82, 2.24) is 0 Å². The molecular weight excluding hydrogens is 436 g/mol. The fraction of sp³-hybridized carbons (Fsp3) is 0.417. The van der Waals surface area contributed by atoms with Crippen LogP contribution in [0.2, 0.25) is 0 Å². The first-order valence-corrected chi connectivity index (χ1v) is 10.8. The van der Waals surface area contributed by atoms with Gasteiger partial charge in [-0.05, 0) is 30.4 Å². The molecule has 0 aliphatic heterocycles. The lowest BCUT2D eigenvalue weighted by atomic mass is 9.96. The summed E-state index contributed by atoms with van der Waals surface area (Å²) in [4.78, 5) is 24.5. The number of carbonyl (C=O) groups is 2. The third-order valence-corrected chi connectivity index (χ3v) is 6.86. The topological polar surface area (TPSA) is 97.1 Å². The molecule has 4 atom stereocenters. The van der Waals surface area contributed by atoms with Crippen LogP contribution in [0, 0.1) is 28.9 Å². The summed E-state index contributed by atoms with van der Waals surface area (Å²) in [7, 11) is 0. The van der Waals surface area contributed by atoms with Gasteiger partial charge in [-0.2, -0.15) is 0 Å². The third kappa shape index (κ3) is 4.13. The average molecular weight is 459 g/mol. The fourth-order valence-electron chi connectivity index (χ4n) is 5.14. The van der Waals surface area contributed by atoms with Crippen molar-refractivity contribution in [1.29, 1.82) is 0 Å². The van der Waals surface area contributed by atoms with Crippen LogP contribution in [-0.4, -0.2) is 24.1 Å². The van der Waals surface area contributed by atoms with Gasteiger partial charge in [0.2, 0.25) is 0 Å². The monoisotopic (exact) mass is 459 g/mol. The minimum atomic E-state index is -1.36. The van der Waals surface area contributed by atoms with E-state index in [-0.39, 0.29) is 41.6 Å². The highest BCUT2D eigenvalue weighted by Gasteiger charge is 2.81. The lowest BCUT2D eigenvalue weighted by Crippen LogP contribution is -2.47. The highest BCUT2D eigenvalue weighted by molar-refractivity contribution is 5.62. The van der Waals surface area contributed by atoms with E-state index in [0.29, 0.717) is 6.42 Å². The van der Waals surface area contributed by atoms with Crippen LogP contribution in [0.15, 0.2) is 48.5 Å². The molecule has 0 saturated heterocycles. The number of carbonyl (C=O) groups excluding carboxylic acids is 2. The molecular formula is C24H23F2NO6. The standard InChI is InChI=1S/C24H23F2NO6/c25-16-7-3-1-5-14(16)11-30-21(28)32-20-18-19(20)24(27,13-23(18)9-10-23)33-22(29)31-12-15-6-2-4-8-17(15)26/h1-8,18-20H,9-13,27H2/t18-,19-,20-,24-/m0/s1. The Morgan fingerprint density at radius 1 is 0.879 bits per heavy atom. The lowest BCUT2D eigenvalue weighted by molar-refractivity contribution is -0.0621. The number of hydrogen-bond donors (Lipinski definition) is 1. The first kappa shape index (κ1) is 21.6. The van der Waals surface area contributed by atoms with Crippen molar-refractivity contribution < 1.29 is 37.3 Å². The summed E-state index contributed by atoms with van der Waals surface area (Å²) in [6.07, 6.45) is -0.272. The zero-order chi connectivity index (χ0) is 23.2. The molecule has 3 fully saturated rings. The van der Waals surface area contributed by atoms with Crippen molar-refractivity contribution >= 4 is 12.3 Å².